The first-order chi connectivity index (χ1) is 37.3. The monoisotopic (exact) mass is 1110 g/mol. The Bertz CT molecular complexity index is 2870. The molecule has 0 radical (unpaired) electrons. The Morgan fingerprint density at radius 1 is 0.808 bits per heavy atom. The summed E-state index contributed by atoms with van der Waals surface area (Å²) in [5, 5.41) is 20.4. The van der Waals surface area contributed by atoms with Crippen LogP contribution in [0.15, 0.2) is 97.3 Å². The van der Waals surface area contributed by atoms with Crippen LogP contribution >= 0.6 is 23.2 Å². The maximum Gasteiger partial charge on any atom is 0.247 e. The van der Waals surface area contributed by atoms with Crippen molar-refractivity contribution in [3.05, 3.63) is 135 Å². The van der Waals surface area contributed by atoms with E-state index in [0.717, 1.165) is 35.5 Å². The Hall–Kier alpha value is -6.57. The average molecular weight is 1110 g/mol. The number of carbonyl (C=O) groups excluding carboxylic acids is 5. The van der Waals surface area contributed by atoms with Gasteiger partial charge in [0.2, 0.25) is 29.5 Å². The highest BCUT2D eigenvalue weighted by Crippen LogP contribution is 2.33. The first-order valence-electron chi connectivity index (χ1n) is 26.5. The molecule has 2 fully saturated rings. The maximum absolute atomic E-state index is 15.7. The topological polar surface area (TPSA) is 189 Å². The number of hydrogen-bond acceptors (Lipinski definition) is 11. The first-order valence-corrected chi connectivity index (χ1v) is 27.2. The van der Waals surface area contributed by atoms with E-state index in [4.69, 9.17) is 32.7 Å². The zero-order valence-electron chi connectivity index (χ0n) is 46.0. The van der Waals surface area contributed by atoms with Gasteiger partial charge in [0, 0.05) is 92.9 Å². The van der Waals surface area contributed by atoms with E-state index in [1.54, 1.807) is 67.5 Å². The van der Waals surface area contributed by atoms with Crippen molar-refractivity contribution in [2.24, 2.45) is 13.0 Å². The van der Waals surface area contributed by atoms with Crippen molar-refractivity contribution in [1.82, 2.24) is 44.7 Å². The molecule has 5 aromatic rings. The molecule has 2 aliphatic rings. The van der Waals surface area contributed by atoms with Crippen molar-refractivity contribution in [3.8, 4) is 22.8 Å². The molecule has 2 N–H and O–H groups in total. The van der Waals surface area contributed by atoms with Crippen LogP contribution in [0.2, 0.25) is 10.0 Å². The number of ether oxygens (including phenoxy) is 2. The van der Waals surface area contributed by atoms with Gasteiger partial charge < -0.3 is 54.4 Å². The van der Waals surface area contributed by atoms with Gasteiger partial charge in [-0.05, 0) is 115 Å². The van der Waals surface area contributed by atoms with E-state index in [1.807, 2.05) is 87.3 Å². The van der Waals surface area contributed by atoms with Crippen molar-refractivity contribution in [2.45, 2.75) is 101 Å². The summed E-state index contributed by atoms with van der Waals surface area (Å²) in [5.41, 5.74) is 3.44. The number of benzene rings is 3. The molecule has 3 heterocycles. The summed E-state index contributed by atoms with van der Waals surface area (Å²) in [7, 11) is 14.4. The second kappa shape index (κ2) is 27.3. The molecule has 0 spiro atoms. The van der Waals surface area contributed by atoms with E-state index < -0.39 is 60.3 Å². The van der Waals surface area contributed by atoms with Gasteiger partial charge in [0.15, 0.2) is 11.9 Å². The summed E-state index contributed by atoms with van der Waals surface area (Å²) >= 11 is 13.0. The van der Waals surface area contributed by atoms with Crippen molar-refractivity contribution in [2.75, 3.05) is 62.5 Å². The minimum Gasteiger partial charge on any atom is -0.619 e. The highest BCUT2D eigenvalue weighted by Gasteiger charge is 2.41. The summed E-state index contributed by atoms with van der Waals surface area (Å²) < 4.78 is 14.9. The van der Waals surface area contributed by atoms with Crippen LogP contribution in [0.25, 0.3) is 11.3 Å². The molecule has 1 aliphatic heterocycles. The Labute approximate surface area is 468 Å². The van der Waals surface area contributed by atoms with Crippen LogP contribution in [-0.2, 0) is 61.7 Å². The van der Waals surface area contributed by atoms with Gasteiger partial charge >= 0.3 is 0 Å². The second-order valence-electron chi connectivity index (χ2n) is 21.1. The molecule has 20 heteroatoms. The number of imidazole rings is 1. The summed E-state index contributed by atoms with van der Waals surface area (Å²) in [5.74, 6) is -1.80. The fraction of sp³-hybridized carbons (Fsp3) is 0.466. The Balaban J connectivity index is 1.32. The van der Waals surface area contributed by atoms with E-state index in [-0.39, 0.29) is 56.3 Å². The number of carbonyl (C=O) groups is 5. The Morgan fingerprint density at radius 3 is 2.22 bits per heavy atom. The van der Waals surface area contributed by atoms with E-state index in [1.165, 1.54) is 23.1 Å². The number of nitrogens with zero attached hydrogens (tertiary/aromatic N) is 8. The molecule has 2 aromatic heterocycles. The fourth-order valence-electron chi connectivity index (χ4n) is 10.5. The quantitative estimate of drug-likeness (QED) is 0.0838. The standard InChI is InChI=1S/C58H74Cl2N10O8/c1-64(2)28-26-50-56(73)63-48(37-77-8)58(75)66(5)45(29-38-16-21-42(59)22-17-38)33-54(71)62-47-14-9-10-15-49(47)68(7)57(74)41(30-44-13-11-12-27-70(44)76)31-55(72)69(50)35-40-18-23-43(60)32-52(40)78-46-24-19-39(20-25-46)51-34-61-53(67(51)6)36-65(3)4/h11-13,16-25,27,32,34,41,45,47-50H,9-10,14-15,26,28-31,33,35-37H2,1-8H3,(H,62,71)(H,63,73)/t41-,45+,47+,48+,49+,50+/m1/s1. The molecule has 0 bridgehead atoms. The third-order valence-corrected chi connectivity index (χ3v) is 15.3. The summed E-state index contributed by atoms with van der Waals surface area (Å²) in [6, 6.07) is 20.6. The minimum absolute atomic E-state index is 0.0921. The molecule has 18 nitrogen and oxygen atoms in total. The zero-order valence-corrected chi connectivity index (χ0v) is 47.5. The van der Waals surface area contributed by atoms with Gasteiger partial charge in [-0.2, -0.15) is 4.73 Å². The van der Waals surface area contributed by atoms with Gasteiger partial charge in [-0.15, -0.1) is 0 Å². The van der Waals surface area contributed by atoms with Crippen LogP contribution in [0.4, 0.5) is 0 Å². The minimum atomic E-state index is -1.25. The normalized spacial score (nSPS) is 21.3. The third-order valence-electron chi connectivity index (χ3n) is 14.8. The number of hydrogen-bond donors (Lipinski definition) is 2. The van der Waals surface area contributed by atoms with E-state index in [9.17, 15) is 14.8 Å². The molecule has 6 atom stereocenters. The number of aromatic nitrogens is 3. The predicted molar refractivity (Wildman–Crippen MR) is 299 cm³/mol. The lowest BCUT2D eigenvalue weighted by atomic mass is 9.87. The van der Waals surface area contributed by atoms with Crippen molar-refractivity contribution in [1.29, 1.82) is 0 Å². The molecule has 3 aromatic carbocycles. The SMILES string of the molecule is COC[C@@H]1NC(=O)[C@H](CCN(C)C)N(Cc2ccc(Cl)cc2Oc2ccc(-c3cnc(CN(C)C)n3C)cc2)C(=O)C[C@@H](Cc2cccc[n+]2[O-])C(=O)N(C)[C@H]2CCCC[C@@H]2NC(=O)C[C@H](Cc2ccc(Cl)cc2)N(C)C1=O. The number of methoxy groups -OCH3 is 1. The molecule has 1 aliphatic carbocycles. The summed E-state index contributed by atoms with van der Waals surface area (Å²) in [4.78, 5) is 88.5. The number of amides is 5. The van der Waals surface area contributed by atoms with E-state index >= 15 is 14.4 Å². The lowest BCUT2D eigenvalue weighted by Gasteiger charge is -2.40. The highest BCUT2D eigenvalue weighted by atomic mass is 35.5. The van der Waals surface area contributed by atoms with Crippen molar-refractivity contribution < 1.29 is 38.2 Å². The van der Waals surface area contributed by atoms with Crippen LogP contribution in [0.3, 0.4) is 0 Å². The number of rotatable bonds is 16. The van der Waals surface area contributed by atoms with Gasteiger partial charge in [-0.25, -0.2) is 4.98 Å². The van der Waals surface area contributed by atoms with Crippen molar-refractivity contribution >= 4 is 52.7 Å². The molecule has 418 valence electrons. The lowest BCUT2D eigenvalue weighted by Crippen LogP contribution is -2.59. The molecular weight excluding hydrogens is 1040 g/mol. The number of pyridine rings is 1. The molecule has 5 amide bonds. The molecular formula is C58H74Cl2N10O8. The molecule has 1 saturated heterocycles. The predicted octanol–water partition coefficient (Wildman–Crippen LogP) is 6.27. The highest BCUT2D eigenvalue weighted by molar-refractivity contribution is 6.31. The average Bonchev–Trinajstić information content (AvgIpc) is 3.81. The van der Waals surface area contributed by atoms with Gasteiger partial charge in [-0.3, -0.25) is 24.0 Å². The zero-order chi connectivity index (χ0) is 56.2. The van der Waals surface area contributed by atoms with Crippen LogP contribution in [0.1, 0.15) is 67.6 Å². The van der Waals surface area contributed by atoms with E-state index in [2.05, 4.69) is 20.5 Å². The molecule has 1 saturated carbocycles. The number of halogens is 2. The second-order valence-corrected chi connectivity index (χ2v) is 22.0. The van der Waals surface area contributed by atoms with Gasteiger partial charge in [-0.1, -0.05) is 60.3 Å². The van der Waals surface area contributed by atoms with Crippen LogP contribution in [0.5, 0.6) is 11.5 Å². The van der Waals surface area contributed by atoms with E-state index in [0.29, 0.717) is 57.8 Å². The number of fused-ring (bicyclic) bond motifs is 1. The van der Waals surface area contributed by atoms with Crippen LogP contribution in [0, 0.1) is 11.1 Å². The number of nitrogens with one attached hydrogen (secondary N) is 2. The molecule has 0 unspecified atom stereocenters. The summed E-state index contributed by atoms with van der Waals surface area (Å²) in [6.45, 7) is 0.588. The summed E-state index contributed by atoms with van der Waals surface area (Å²) in [6.07, 6.45) is 5.74. The Morgan fingerprint density at radius 2 is 1.53 bits per heavy atom. The Kier molecular flexibility index (Phi) is 20.7. The van der Waals surface area contributed by atoms with Gasteiger partial charge in [0.05, 0.1) is 43.5 Å². The smallest absolute Gasteiger partial charge is 0.247 e. The van der Waals surface area contributed by atoms with Gasteiger partial charge in [0.1, 0.15) is 29.4 Å². The number of likely N-dealkylation sites (N-methyl/N-ethyl adjacent to an activating group) is 2. The van der Waals surface area contributed by atoms with Crippen molar-refractivity contribution in [3.63, 3.8) is 0 Å². The molecule has 78 heavy (non-hydrogen) atoms. The van der Waals surface area contributed by atoms with Crippen LogP contribution in [-0.4, -0.2) is 156 Å². The largest absolute Gasteiger partial charge is 0.619 e. The molecule has 7 rings (SSSR count). The maximum atomic E-state index is 15.7. The lowest BCUT2D eigenvalue weighted by molar-refractivity contribution is -0.614. The first kappa shape index (κ1) is 59.1. The fourth-order valence-corrected chi connectivity index (χ4v) is 10.8. The van der Waals surface area contributed by atoms with Gasteiger partial charge in [0.25, 0.3) is 0 Å². The third kappa shape index (κ3) is 15.4. The van der Waals surface area contributed by atoms with Crippen LogP contribution < -0.4 is 20.1 Å².